The quantitative estimate of drug-likeness (QED) is 0.358. The van der Waals surface area contributed by atoms with Crippen molar-refractivity contribution in [1.29, 1.82) is 0 Å². The molecule has 3 heteroatoms. The van der Waals surface area contributed by atoms with Gasteiger partial charge in [-0.25, -0.2) is 6.07 Å². The van der Waals surface area contributed by atoms with Crippen LogP contribution in [-0.4, -0.2) is 0 Å². The van der Waals surface area contributed by atoms with E-state index in [1.165, 1.54) is 12.0 Å². The van der Waals surface area contributed by atoms with Gasteiger partial charge in [0.25, 0.3) is 0 Å². The fourth-order valence-corrected chi connectivity index (χ4v) is 1.14. The topological polar surface area (TPSA) is 0 Å². The van der Waals surface area contributed by atoms with E-state index in [0.29, 0.717) is 5.41 Å². The fraction of sp³-hybridized carbons (Fsp3) is 0.500. The maximum Gasteiger partial charge on any atom is 0 e. The van der Waals surface area contributed by atoms with Gasteiger partial charge in [0.05, 0.1) is 0 Å². The zero-order valence-corrected chi connectivity index (χ0v) is 13.4. The van der Waals surface area contributed by atoms with Gasteiger partial charge in [0.2, 0.25) is 0 Å². The normalized spacial score (nSPS) is 9.15. The van der Waals surface area contributed by atoms with Crippen LogP contribution in [0.25, 0.3) is 0 Å². The Morgan fingerprint density at radius 1 is 1.23 bits per heavy atom. The standard InChI is InChI=1S/C10H15.2ClH.Hf/c1-10(2,3)8-9-6-4-5-7-9;;;/h4-7H,8H2,1-3H3;2*1H;/q-1;;;/p-2. The minimum Gasteiger partial charge on any atom is -1.00 e. The molecular formula is C10H15Cl2Hf-3. The smallest absolute Gasteiger partial charge is 0 e. The molecule has 0 aromatic heterocycles. The van der Waals surface area contributed by atoms with Crippen LogP contribution in [0.15, 0.2) is 24.3 Å². The molecule has 1 aromatic rings. The van der Waals surface area contributed by atoms with Crippen LogP contribution >= 0.6 is 0 Å². The SMILES string of the molecule is CC(C)(C)Cc1cc[cH-]c1.[Cl-].[Cl-].[Hf]. The van der Waals surface area contributed by atoms with Gasteiger partial charge in [-0.05, 0) is 5.41 Å². The van der Waals surface area contributed by atoms with E-state index in [2.05, 4.69) is 45.0 Å². The van der Waals surface area contributed by atoms with Crippen LogP contribution in [0, 0.1) is 5.41 Å². The Labute approximate surface area is 112 Å². The Balaban J connectivity index is -0.000000333. The maximum absolute atomic E-state index is 2.26. The number of halogens is 2. The summed E-state index contributed by atoms with van der Waals surface area (Å²) in [5.41, 5.74) is 1.88. The average Bonchev–Trinajstić information content (AvgIpc) is 2.12. The summed E-state index contributed by atoms with van der Waals surface area (Å²) in [6.45, 7) is 6.79. The zero-order chi connectivity index (χ0) is 7.61. The summed E-state index contributed by atoms with van der Waals surface area (Å²) in [6.07, 6.45) is 1.18. The third kappa shape index (κ3) is 9.11. The van der Waals surface area contributed by atoms with Gasteiger partial charge in [-0.1, -0.05) is 27.2 Å². The van der Waals surface area contributed by atoms with Gasteiger partial charge in [-0.3, -0.25) is 0 Å². The molecule has 0 nitrogen and oxygen atoms in total. The fourth-order valence-electron chi connectivity index (χ4n) is 1.14. The van der Waals surface area contributed by atoms with Crippen molar-refractivity contribution in [2.45, 2.75) is 27.2 Å². The summed E-state index contributed by atoms with van der Waals surface area (Å²) in [5.74, 6) is 0. The van der Waals surface area contributed by atoms with Gasteiger partial charge in [-0.2, -0.15) is 23.8 Å². The molecule has 0 aliphatic carbocycles. The van der Waals surface area contributed by atoms with Crippen molar-refractivity contribution in [3.8, 4) is 0 Å². The van der Waals surface area contributed by atoms with E-state index in [1.807, 2.05) is 0 Å². The Morgan fingerprint density at radius 2 is 1.77 bits per heavy atom. The van der Waals surface area contributed by atoms with E-state index in [-0.39, 0.29) is 50.7 Å². The van der Waals surface area contributed by atoms with Crippen LogP contribution in [0.4, 0.5) is 0 Å². The molecule has 0 aliphatic heterocycles. The summed E-state index contributed by atoms with van der Waals surface area (Å²) in [6, 6.07) is 8.57. The first-order valence-corrected chi connectivity index (χ1v) is 3.78. The average molecular weight is 385 g/mol. The molecule has 0 saturated carbocycles. The molecule has 0 fully saturated rings. The monoisotopic (exact) mass is 385 g/mol. The van der Waals surface area contributed by atoms with Gasteiger partial charge < -0.3 is 24.8 Å². The molecule has 0 atom stereocenters. The summed E-state index contributed by atoms with van der Waals surface area (Å²) in [5, 5.41) is 0. The molecule has 0 bridgehead atoms. The Morgan fingerprint density at radius 3 is 2.08 bits per heavy atom. The van der Waals surface area contributed by atoms with E-state index >= 15 is 0 Å². The molecular weight excluding hydrogens is 370 g/mol. The van der Waals surface area contributed by atoms with Crippen molar-refractivity contribution in [2.75, 3.05) is 0 Å². The van der Waals surface area contributed by atoms with E-state index < -0.39 is 0 Å². The summed E-state index contributed by atoms with van der Waals surface area (Å²) in [4.78, 5) is 0. The zero-order valence-electron chi connectivity index (χ0n) is 8.27. The Hall–Kier alpha value is 0.800. The van der Waals surface area contributed by atoms with E-state index in [4.69, 9.17) is 0 Å². The van der Waals surface area contributed by atoms with Crippen molar-refractivity contribution < 1.29 is 50.7 Å². The maximum atomic E-state index is 2.26. The van der Waals surface area contributed by atoms with E-state index in [9.17, 15) is 0 Å². The predicted octanol–water partition coefficient (Wildman–Crippen LogP) is -3.00. The molecule has 0 unspecified atom stereocenters. The third-order valence-corrected chi connectivity index (χ3v) is 1.47. The summed E-state index contributed by atoms with van der Waals surface area (Å²) < 4.78 is 0. The predicted molar refractivity (Wildman–Crippen MR) is 45.2 cm³/mol. The molecule has 0 aliphatic rings. The first-order valence-electron chi connectivity index (χ1n) is 3.78. The Bertz CT molecular complexity index is 187. The number of hydrogen-bond donors (Lipinski definition) is 0. The number of hydrogen-bond acceptors (Lipinski definition) is 0. The number of rotatable bonds is 1. The van der Waals surface area contributed by atoms with Gasteiger partial charge >= 0.3 is 0 Å². The van der Waals surface area contributed by atoms with Crippen LogP contribution in [0.2, 0.25) is 0 Å². The Kier molecular flexibility index (Phi) is 12.1. The first kappa shape index (κ1) is 19.4. The van der Waals surface area contributed by atoms with Crippen molar-refractivity contribution in [2.24, 2.45) is 5.41 Å². The van der Waals surface area contributed by atoms with Crippen molar-refractivity contribution in [3.63, 3.8) is 0 Å². The van der Waals surface area contributed by atoms with Crippen LogP contribution < -0.4 is 24.8 Å². The first-order chi connectivity index (χ1) is 4.58. The molecule has 0 heterocycles. The van der Waals surface area contributed by atoms with E-state index in [1.54, 1.807) is 0 Å². The van der Waals surface area contributed by atoms with Crippen molar-refractivity contribution in [1.82, 2.24) is 0 Å². The minimum absolute atomic E-state index is 0. The van der Waals surface area contributed by atoms with Crippen LogP contribution in [0.1, 0.15) is 26.3 Å². The van der Waals surface area contributed by atoms with Gasteiger partial charge in [0.1, 0.15) is 0 Å². The molecule has 0 saturated heterocycles. The molecule has 1 aromatic carbocycles. The third-order valence-electron chi connectivity index (χ3n) is 1.47. The molecule has 76 valence electrons. The molecule has 1 rings (SSSR count). The van der Waals surface area contributed by atoms with Gasteiger partial charge in [-0.15, -0.1) is 0 Å². The molecule has 0 amide bonds. The van der Waals surface area contributed by atoms with Crippen LogP contribution in [0.5, 0.6) is 0 Å². The second-order valence-corrected chi connectivity index (χ2v) is 4.03. The minimum atomic E-state index is 0. The summed E-state index contributed by atoms with van der Waals surface area (Å²) in [7, 11) is 0. The summed E-state index contributed by atoms with van der Waals surface area (Å²) >= 11 is 0. The van der Waals surface area contributed by atoms with Crippen LogP contribution in [-0.2, 0) is 32.3 Å². The second kappa shape index (κ2) is 8.14. The van der Waals surface area contributed by atoms with Gasteiger partial charge in [0.15, 0.2) is 0 Å². The largest absolute Gasteiger partial charge is 1.00 e. The van der Waals surface area contributed by atoms with Gasteiger partial charge in [0, 0.05) is 25.8 Å². The van der Waals surface area contributed by atoms with E-state index in [0.717, 1.165) is 0 Å². The van der Waals surface area contributed by atoms with Crippen molar-refractivity contribution in [3.05, 3.63) is 29.8 Å². The van der Waals surface area contributed by atoms with Crippen molar-refractivity contribution >= 4 is 0 Å². The second-order valence-electron chi connectivity index (χ2n) is 4.03. The molecule has 13 heavy (non-hydrogen) atoms. The molecule has 0 spiro atoms. The van der Waals surface area contributed by atoms with Crippen LogP contribution in [0.3, 0.4) is 0 Å². The molecule has 0 radical (unpaired) electrons. The molecule has 0 N–H and O–H groups in total.